The van der Waals surface area contributed by atoms with Crippen molar-refractivity contribution in [2.75, 3.05) is 6.79 Å². The summed E-state index contributed by atoms with van der Waals surface area (Å²) in [4.78, 5) is 24.2. The highest BCUT2D eigenvalue weighted by molar-refractivity contribution is 6.30. The summed E-state index contributed by atoms with van der Waals surface area (Å²) in [5.41, 5.74) is 0.898. The lowest BCUT2D eigenvalue weighted by atomic mass is 10.0. The van der Waals surface area contributed by atoms with E-state index in [-0.39, 0.29) is 24.8 Å². The molecule has 0 aliphatic carbocycles. The Morgan fingerprint density at radius 3 is 2.29 bits per heavy atom. The van der Waals surface area contributed by atoms with E-state index in [9.17, 15) is 9.59 Å². The van der Waals surface area contributed by atoms with E-state index in [2.05, 4.69) is 0 Å². The fourth-order valence-electron chi connectivity index (χ4n) is 2.06. The third kappa shape index (κ3) is 2.90. The SMILES string of the molecule is O=C(CC(=O)c1ccc2c(c1)OCO2)c1ccc(Cl)cc1. The van der Waals surface area contributed by atoms with Crippen LogP contribution in [0.5, 0.6) is 11.5 Å². The minimum Gasteiger partial charge on any atom is -0.454 e. The number of halogens is 1. The largest absolute Gasteiger partial charge is 0.454 e. The average Bonchev–Trinajstić information content (AvgIpc) is 2.95. The average molecular weight is 303 g/mol. The van der Waals surface area contributed by atoms with Gasteiger partial charge in [0.15, 0.2) is 23.1 Å². The molecule has 1 heterocycles. The van der Waals surface area contributed by atoms with Crippen molar-refractivity contribution in [3.8, 4) is 11.5 Å². The molecule has 0 aromatic heterocycles. The fraction of sp³-hybridized carbons (Fsp3) is 0.125. The van der Waals surface area contributed by atoms with Crippen molar-refractivity contribution in [1.29, 1.82) is 0 Å². The molecule has 0 bridgehead atoms. The van der Waals surface area contributed by atoms with Crippen LogP contribution in [0.1, 0.15) is 27.1 Å². The van der Waals surface area contributed by atoms with Gasteiger partial charge in [-0.15, -0.1) is 0 Å². The number of benzene rings is 2. The summed E-state index contributed by atoms with van der Waals surface area (Å²) in [6.45, 7) is 0.149. The summed E-state index contributed by atoms with van der Waals surface area (Å²) in [6, 6.07) is 11.4. The first-order chi connectivity index (χ1) is 10.1. The van der Waals surface area contributed by atoms with E-state index in [1.807, 2.05) is 0 Å². The fourth-order valence-corrected chi connectivity index (χ4v) is 2.18. The van der Waals surface area contributed by atoms with Crippen LogP contribution in [0, 0.1) is 0 Å². The Balaban J connectivity index is 1.74. The predicted octanol–water partition coefficient (Wildman–Crippen LogP) is 3.52. The molecule has 1 aliphatic rings. The number of ketones is 2. The first-order valence-electron chi connectivity index (χ1n) is 6.35. The second-order valence-electron chi connectivity index (χ2n) is 4.60. The maximum absolute atomic E-state index is 12.2. The maximum Gasteiger partial charge on any atom is 0.231 e. The number of fused-ring (bicyclic) bond motifs is 1. The molecule has 0 N–H and O–H groups in total. The van der Waals surface area contributed by atoms with Gasteiger partial charge in [-0.2, -0.15) is 0 Å². The molecule has 0 unspecified atom stereocenters. The van der Waals surface area contributed by atoms with Crippen LogP contribution in [0.3, 0.4) is 0 Å². The van der Waals surface area contributed by atoms with Crippen LogP contribution < -0.4 is 9.47 Å². The molecule has 5 heteroatoms. The van der Waals surface area contributed by atoms with Crippen molar-refractivity contribution < 1.29 is 19.1 Å². The topological polar surface area (TPSA) is 52.6 Å². The molecule has 3 rings (SSSR count). The molecule has 2 aromatic rings. The van der Waals surface area contributed by atoms with Gasteiger partial charge in [0.1, 0.15) is 0 Å². The summed E-state index contributed by atoms with van der Waals surface area (Å²) in [5, 5.41) is 0.550. The van der Waals surface area contributed by atoms with Crippen LogP contribution in [-0.4, -0.2) is 18.4 Å². The number of hydrogen-bond donors (Lipinski definition) is 0. The lowest BCUT2D eigenvalue weighted by molar-refractivity contribution is 0.0894. The summed E-state index contributed by atoms with van der Waals surface area (Å²) in [5.74, 6) is 0.637. The molecule has 4 nitrogen and oxygen atoms in total. The molecule has 106 valence electrons. The van der Waals surface area contributed by atoms with Crippen molar-refractivity contribution in [3.63, 3.8) is 0 Å². The first kappa shape index (κ1) is 13.6. The molecule has 1 aliphatic heterocycles. The third-order valence-electron chi connectivity index (χ3n) is 3.18. The Hall–Kier alpha value is -2.33. The molecular formula is C16H11ClO4. The van der Waals surface area contributed by atoms with E-state index >= 15 is 0 Å². The second-order valence-corrected chi connectivity index (χ2v) is 5.03. The maximum atomic E-state index is 12.2. The minimum atomic E-state index is -0.256. The van der Waals surface area contributed by atoms with Crippen molar-refractivity contribution >= 4 is 23.2 Å². The first-order valence-corrected chi connectivity index (χ1v) is 6.73. The van der Waals surface area contributed by atoms with Gasteiger partial charge in [-0.3, -0.25) is 9.59 Å². The number of carbonyl (C=O) groups is 2. The van der Waals surface area contributed by atoms with Gasteiger partial charge in [0.2, 0.25) is 6.79 Å². The van der Waals surface area contributed by atoms with Crippen LogP contribution in [0.25, 0.3) is 0 Å². The van der Waals surface area contributed by atoms with Crippen molar-refractivity contribution in [3.05, 3.63) is 58.6 Å². The lowest BCUT2D eigenvalue weighted by Gasteiger charge is -2.03. The second kappa shape index (κ2) is 5.58. The van der Waals surface area contributed by atoms with Crippen molar-refractivity contribution in [2.24, 2.45) is 0 Å². The quantitative estimate of drug-likeness (QED) is 0.640. The minimum absolute atomic E-state index is 0.149. The third-order valence-corrected chi connectivity index (χ3v) is 3.43. The lowest BCUT2D eigenvalue weighted by Crippen LogP contribution is -2.08. The number of ether oxygens (including phenoxy) is 2. The molecule has 0 saturated carbocycles. The van der Waals surface area contributed by atoms with E-state index < -0.39 is 0 Å². The van der Waals surface area contributed by atoms with Gasteiger partial charge in [-0.1, -0.05) is 11.6 Å². The zero-order chi connectivity index (χ0) is 14.8. The standard InChI is InChI=1S/C16H11ClO4/c17-12-4-1-10(2-5-12)13(18)8-14(19)11-3-6-15-16(7-11)21-9-20-15/h1-7H,8-9H2. The van der Waals surface area contributed by atoms with Gasteiger partial charge in [0, 0.05) is 16.1 Å². The van der Waals surface area contributed by atoms with Crippen LogP contribution in [0.4, 0.5) is 0 Å². The highest BCUT2D eigenvalue weighted by atomic mass is 35.5. The molecule has 0 saturated heterocycles. The summed E-state index contributed by atoms with van der Waals surface area (Å²) < 4.78 is 10.4. The van der Waals surface area contributed by atoms with E-state index in [0.29, 0.717) is 27.6 Å². The van der Waals surface area contributed by atoms with Crippen LogP contribution in [0.2, 0.25) is 5.02 Å². The highest BCUT2D eigenvalue weighted by Gasteiger charge is 2.18. The van der Waals surface area contributed by atoms with Crippen LogP contribution in [0.15, 0.2) is 42.5 Å². The Kier molecular flexibility index (Phi) is 3.62. The Morgan fingerprint density at radius 2 is 1.52 bits per heavy atom. The molecule has 0 spiro atoms. The Labute approximate surface area is 126 Å². The van der Waals surface area contributed by atoms with Gasteiger partial charge in [0.25, 0.3) is 0 Å². The van der Waals surface area contributed by atoms with Gasteiger partial charge >= 0.3 is 0 Å². The highest BCUT2D eigenvalue weighted by Crippen LogP contribution is 2.32. The van der Waals surface area contributed by atoms with E-state index in [0.717, 1.165) is 0 Å². The number of carbonyl (C=O) groups excluding carboxylic acids is 2. The Bertz CT molecular complexity index is 707. The molecule has 0 fully saturated rings. The van der Waals surface area contributed by atoms with Crippen LogP contribution >= 0.6 is 11.6 Å². The summed E-state index contributed by atoms with van der Waals surface area (Å²) in [6.07, 6.45) is -0.193. The van der Waals surface area contributed by atoms with Crippen LogP contribution in [-0.2, 0) is 0 Å². The van der Waals surface area contributed by atoms with E-state index in [4.69, 9.17) is 21.1 Å². The summed E-state index contributed by atoms with van der Waals surface area (Å²) >= 11 is 5.77. The summed E-state index contributed by atoms with van der Waals surface area (Å²) in [7, 11) is 0. The van der Waals surface area contributed by atoms with Gasteiger partial charge in [-0.25, -0.2) is 0 Å². The van der Waals surface area contributed by atoms with Gasteiger partial charge < -0.3 is 9.47 Å². The van der Waals surface area contributed by atoms with Crippen molar-refractivity contribution in [1.82, 2.24) is 0 Å². The van der Waals surface area contributed by atoms with Gasteiger partial charge in [0.05, 0.1) is 6.42 Å². The number of hydrogen-bond acceptors (Lipinski definition) is 4. The molecule has 0 amide bonds. The van der Waals surface area contributed by atoms with E-state index in [1.165, 1.54) is 0 Å². The molecule has 0 radical (unpaired) electrons. The number of Topliss-reactive ketones (excluding diaryl/α,β-unsaturated/α-hetero) is 2. The predicted molar refractivity (Wildman–Crippen MR) is 77.3 cm³/mol. The molecule has 2 aromatic carbocycles. The van der Waals surface area contributed by atoms with E-state index in [1.54, 1.807) is 42.5 Å². The van der Waals surface area contributed by atoms with Gasteiger partial charge in [-0.05, 0) is 42.5 Å². The monoisotopic (exact) mass is 302 g/mol. The van der Waals surface area contributed by atoms with Crippen molar-refractivity contribution in [2.45, 2.75) is 6.42 Å². The molecular weight excluding hydrogens is 292 g/mol. The number of rotatable bonds is 4. The smallest absolute Gasteiger partial charge is 0.231 e. The zero-order valence-electron chi connectivity index (χ0n) is 11.0. The zero-order valence-corrected chi connectivity index (χ0v) is 11.7. The normalized spacial score (nSPS) is 12.2. The molecule has 0 atom stereocenters. The Morgan fingerprint density at radius 1 is 0.905 bits per heavy atom. The molecule has 21 heavy (non-hydrogen) atoms.